The number of para-hydroxylation sites is 1. The van der Waals surface area contributed by atoms with Crippen molar-refractivity contribution >= 4 is 22.5 Å². The maximum absolute atomic E-state index is 9.18. The summed E-state index contributed by atoms with van der Waals surface area (Å²) in [5.74, 6) is 0.581. The van der Waals surface area contributed by atoms with Gasteiger partial charge in [-0.1, -0.05) is 29.8 Å². The van der Waals surface area contributed by atoms with E-state index in [0.29, 0.717) is 16.4 Å². The average Bonchev–Trinajstić information content (AvgIpc) is 2.84. The number of benzene rings is 1. The molecule has 0 amide bonds. The van der Waals surface area contributed by atoms with Crippen molar-refractivity contribution in [2.24, 2.45) is 0 Å². The summed E-state index contributed by atoms with van der Waals surface area (Å²) < 4.78 is 1.55. The van der Waals surface area contributed by atoms with Crippen LogP contribution < -0.4 is 0 Å². The van der Waals surface area contributed by atoms with Crippen molar-refractivity contribution in [1.29, 1.82) is 5.26 Å². The van der Waals surface area contributed by atoms with Gasteiger partial charge in [0.2, 0.25) is 0 Å². The van der Waals surface area contributed by atoms with Crippen molar-refractivity contribution in [3.63, 3.8) is 0 Å². The molecule has 0 fully saturated rings. The molecular weight excluding hydrogens is 248 g/mol. The third-order valence-corrected chi connectivity index (χ3v) is 2.80. The highest BCUT2D eigenvalue weighted by Crippen LogP contribution is 2.20. The molecule has 86 valence electrons. The molecule has 1 aromatic carbocycles. The van der Waals surface area contributed by atoms with Gasteiger partial charge >= 0.3 is 0 Å². The molecule has 0 aliphatic rings. The third kappa shape index (κ3) is 1.71. The summed E-state index contributed by atoms with van der Waals surface area (Å²) in [5, 5.41) is 14.6. The van der Waals surface area contributed by atoms with Gasteiger partial charge in [0, 0.05) is 11.5 Å². The second kappa shape index (κ2) is 4.13. The van der Waals surface area contributed by atoms with Crippen LogP contribution in [0.4, 0.5) is 0 Å². The van der Waals surface area contributed by atoms with Gasteiger partial charge in [0.05, 0.1) is 34.6 Å². The van der Waals surface area contributed by atoms with Crippen molar-refractivity contribution in [1.82, 2.24) is 14.8 Å². The number of halogens is 1. The minimum atomic E-state index is 0.531. The molecule has 0 N–H and O–H groups in total. The minimum Gasteiger partial charge on any atom is -0.229 e. The molecule has 2 aromatic heterocycles. The SMILES string of the molecule is N#Cc1cc(-n2cc(Cl)cn2)nc2ccccc12. The van der Waals surface area contributed by atoms with E-state index in [9.17, 15) is 5.26 Å². The van der Waals surface area contributed by atoms with Gasteiger partial charge in [0.25, 0.3) is 0 Å². The van der Waals surface area contributed by atoms with Gasteiger partial charge in [0.1, 0.15) is 0 Å². The van der Waals surface area contributed by atoms with Crippen LogP contribution in [-0.2, 0) is 0 Å². The molecule has 0 radical (unpaired) electrons. The smallest absolute Gasteiger partial charge is 0.155 e. The lowest BCUT2D eigenvalue weighted by molar-refractivity contribution is 0.852. The normalized spacial score (nSPS) is 10.4. The van der Waals surface area contributed by atoms with Crippen LogP contribution in [-0.4, -0.2) is 14.8 Å². The van der Waals surface area contributed by atoms with Gasteiger partial charge in [-0.25, -0.2) is 9.67 Å². The summed E-state index contributed by atoms with van der Waals surface area (Å²) in [7, 11) is 0. The summed E-state index contributed by atoms with van der Waals surface area (Å²) in [6, 6.07) is 11.4. The monoisotopic (exact) mass is 254 g/mol. The highest BCUT2D eigenvalue weighted by atomic mass is 35.5. The Bertz CT molecular complexity index is 770. The first-order chi connectivity index (χ1) is 8.78. The Morgan fingerprint density at radius 1 is 1.28 bits per heavy atom. The number of aromatic nitrogens is 3. The van der Waals surface area contributed by atoms with E-state index in [0.717, 1.165) is 10.9 Å². The Labute approximate surface area is 108 Å². The lowest BCUT2D eigenvalue weighted by atomic mass is 10.1. The molecular formula is C13H7ClN4. The van der Waals surface area contributed by atoms with Crippen LogP contribution in [0, 0.1) is 11.3 Å². The highest BCUT2D eigenvalue weighted by molar-refractivity contribution is 6.30. The second-order valence-electron chi connectivity index (χ2n) is 3.76. The predicted octanol–water partition coefficient (Wildman–Crippen LogP) is 2.95. The van der Waals surface area contributed by atoms with E-state index in [2.05, 4.69) is 16.2 Å². The van der Waals surface area contributed by atoms with Crippen molar-refractivity contribution in [3.05, 3.63) is 53.3 Å². The molecule has 0 atom stereocenters. The Hall–Kier alpha value is -2.38. The maximum Gasteiger partial charge on any atom is 0.155 e. The molecule has 3 aromatic rings. The molecule has 0 unspecified atom stereocenters. The molecule has 0 aliphatic carbocycles. The molecule has 5 heteroatoms. The number of nitrogens with zero attached hydrogens (tertiary/aromatic N) is 4. The quantitative estimate of drug-likeness (QED) is 0.671. The standard InChI is InChI=1S/C13H7ClN4/c14-10-7-16-18(8-10)13-5-9(6-15)11-3-1-2-4-12(11)17-13/h1-5,7-8H. The number of hydrogen-bond acceptors (Lipinski definition) is 3. The topological polar surface area (TPSA) is 54.5 Å². The number of fused-ring (bicyclic) bond motifs is 1. The number of hydrogen-bond donors (Lipinski definition) is 0. The van der Waals surface area contributed by atoms with E-state index in [-0.39, 0.29) is 0 Å². The van der Waals surface area contributed by atoms with Crippen LogP contribution in [0.5, 0.6) is 0 Å². The van der Waals surface area contributed by atoms with Gasteiger partial charge < -0.3 is 0 Å². The molecule has 0 aliphatic heterocycles. The Kier molecular flexibility index (Phi) is 2.47. The van der Waals surface area contributed by atoms with Crippen molar-refractivity contribution in [2.45, 2.75) is 0 Å². The molecule has 0 bridgehead atoms. The van der Waals surface area contributed by atoms with E-state index >= 15 is 0 Å². The van der Waals surface area contributed by atoms with Gasteiger partial charge in [-0.15, -0.1) is 0 Å². The van der Waals surface area contributed by atoms with Crippen molar-refractivity contribution in [2.75, 3.05) is 0 Å². The van der Waals surface area contributed by atoms with Gasteiger partial charge in [-0.2, -0.15) is 10.4 Å². The van der Waals surface area contributed by atoms with E-state index in [4.69, 9.17) is 11.6 Å². The largest absolute Gasteiger partial charge is 0.229 e. The number of nitriles is 1. The zero-order chi connectivity index (χ0) is 12.5. The summed E-state index contributed by atoms with van der Waals surface area (Å²) in [6.07, 6.45) is 3.18. The van der Waals surface area contributed by atoms with Crippen LogP contribution in [0.3, 0.4) is 0 Å². The fraction of sp³-hybridized carbons (Fsp3) is 0. The Morgan fingerprint density at radius 3 is 2.83 bits per heavy atom. The third-order valence-electron chi connectivity index (χ3n) is 2.61. The lowest BCUT2D eigenvalue weighted by Gasteiger charge is -2.04. The molecule has 0 saturated heterocycles. The van der Waals surface area contributed by atoms with Crippen LogP contribution in [0.15, 0.2) is 42.7 Å². The number of rotatable bonds is 1. The van der Waals surface area contributed by atoms with Gasteiger partial charge in [0.15, 0.2) is 5.82 Å². The molecule has 0 spiro atoms. The first-order valence-electron chi connectivity index (χ1n) is 5.28. The van der Waals surface area contributed by atoms with E-state index in [1.807, 2.05) is 24.3 Å². The molecule has 18 heavy (non-hydrogen) atoms. The molecule has 3 rings (SSSR count). The Balaban J connectivity index is 2.29. The fourth-order valence-corrected chi connectivity index (χ4v) is 1.93. The summed E-state index contributed by atoms with van der Waals surface area (Å²) >= 11 is 5.83. The van der Waals surface area contributed by atoms with Gasteiger partial charge in [-0.05, 0) is 6.07 Å². The van der Waals surface area contributed by atoms with Gasteiger partial charge in [-0.3, -0.25) is 0 Å². The second-order valence-corrected chi connectivity index (χ2v) is 4.20. The van der Waals surface area contributed by atoms with Crippen LogP contribution in [0.1, 0.15) is 5.56 Å². The number of pyridine rings is 1. The predicted molar refractivity (Wildman–Crippen MR) is 68.6 cm³/mol. The summed E-state index contributed by atoms with van der Waals surface area (Å²) in [4.78, 5) is 4.46. The molecule has 0 saturated carbocycles. The molecule has 4 nitrogen and oxygen atoms in total. The average molecular weight is 255 g/mol. The zero-order valence-corrected chi connectivity index (χ0v) is 9.96. The van der Waals surface area contributed by atoms with Crippen molar-refractivity contribution in [3.8, 4) is 11.9 Å². The highest BCUT2D eigenvalue weighted by Gasteiger charge is 2.07. The van der Waals surface area contributed by atoms with Crippen molar-refractivity contribution < 1.29 is 0 Å². The summed E-state index contributed by atoms with van der Waals surface area (Å²) in [5.41, 5.74) is 1.33. The first kappa shape index (κ1) is 10.8. The van der Waals surface area contributed by atoms with Crippen LogP contribution in [0.2, 0.25) is 5.02 Å². The van der Waals surface area contributed by atoms with E-state index in [1.165, 1.54) is 6.20 Å². The lowest BCUT2D eigenvalue weighted by Crippen LogP contribution is -1.99. The molecule has 2 heterocycles. The van der Waals surface area contributed by atoms with E-state index < -0.39 is 0 Å². The van der Waals surface area contributed by atoms with Crippen LogP contribution >= 0.6 is 11.6 Å². The fourth-order valence-electron chi connectivity index (χ4n) is 1.80. The minimum absolute atomic E-state index is 0.531. The maximum atomic E-state index is 9.18. The van der Waals surface area contributed by atoms with E-state index in [1.54, 1.807) is 16.9 Å². The van der Waals surface area contributed by atoms with Crippen LogP contribution in [0.25, 0.3) is 16.7 Å². The summed E-state index contributed by atoms with van der Waals surface area (Å²) in [6.45, 7) is 0. The first-order valence-corrected chi connectivity index (χ1v) is 5.66. The Morgan fingerprint density at radius 2 is 2.11 bits per heavy atom. The zero-order valence-electron chi connectivity index (χ0n) is 9.21.